The van der Waals surface area contributed by atoms with E-state index in [4.69, 9.17) is 0 Å². The molecule has 2 rings (SSSR count). The third kappa shape index (κ3) is 5.62. The molecule has 7 heteroatoms. The van der Waals surface area contributed by atoms with E-state index in [0.717, 1.165) is 16.3 Å². The maximum Gasteiger partial charge on any atom is 0.224 e. The van der Waals surface area contributed by atoms with Gasteiger partial charge in [0, 0.05) is 31.2 Å². The molecule has 0 fully saturated rings. The molecule has 0 atom stereocenters. The van der Waals surface area contributed by atoms with Gasteiger partial charge in [-0.1, -0.05) is 19.9 Å². The number of hydrogen-bond acceptors (Lipinski definition) is 4. The smallest absolute Gasteiger partial charge is 0.224 e. The number of benzene rings is 1. The topological polar surface area (TPSA) is 62.3 Å². The van der Waals surface area contributed by atoms with Crippen molar-refractivity contribution in [2.24, 2.45) is 0 Å². The highest BCUT2D eigenvalue weighted by Gasteiger charge is 2.15. The molecule has 0 aliphatic rings. The molecule has 2 aromatic rings. The van der Waals surface area contributed by atoms with Crippen LogP contribution < -0.4 is 5.32 Å². The van der Waals surface area contributed by atoms with Gasteiger partial charge in [-0.05, 0) is 24.6 Å². The standard InChI is InChI=1S/C19H24FN3O2S/c1-12(2)19-21-14(11-26-19)10-23(4)18(25)8-7-17(24)22-16-9-13(3)5-6-15(16)20/h5-6,9,11-12H,7-8,10H2,1-4H3,(H,22,24). The summed E-state index contributed by atoms with van der Waals surface area (Å²) >= 11 is 1.58. The normalized spacial score (nSPS) is 10.8. The van der Waals surface area contributed by atoms with Crippen molar-refractivity contribution in [2.75, 3.05) is 12.4 Å². The number of amides is 2. The number of aromatic nitrogens is 1. The van der Waals surface area contributed by atoms with Crippen molar-refractivity contribution >= 4 is 28.8 Å². The molecule has 1 aromatic heterocycles. The van der Waals surface area contributed by atoms with Gasteiger partial charge in [0.1, 0.15) is 5.82 Å². The molecule has 2 amide bonds. The maximum atomic E-state index is 13.7. The number of thiazole rings is 1. The Morgan fingerprint density at radius 3 is 2.69 bits per heavy atom. The lowest BCUT2D eigenvalue weighted by molar-refractivity contribution is -0.132. The lowest BCUT2D eigenvalue weighted by Gasteiger charge is -2.16. The molecule has 26 heavy (non-hydrogen) atoms. The second-order valence-electron chi connectivity index (χ2n) is 6.61. The Morgan fingerprint density at radius 2 is 2.04 bits per heavy atom. The Labute approximate surface area is 157 Å². The number of carbonyl (C=O) groups excluding carboxylic acids is 2. The van der Waals surface area contributed by atoms with Gasteiger partial charge in [0.25, 0.3) is 0 Å². The molecule has 5 nitrogen and oxygen atoms in total. The van der Waals surface area contributed by atoms with Gasteiger partial charge in [-0.2, -0.15) is 0 Å². The minimum atomic E-state index is -0.489. The number of carbonyl (C=O) groups is 2. The van der Waals surface area contributed by atoms with Crippen LogP contribution in [0.15, 0.2) is 23.6 Å². The number of nitrogens with one attached hydrogen (secondary N) is 1. The summed E-state index contributed by atoms with van der Waals surface area (Å²) in [5.41, 5.74) is 1.84. The molecular formula is C19H24FN3O2S. The van der Waals surface area contributed by atoms with E-state index in [9.17, 15) is 14.0 Å². The van der Waals surface area contributed by atoms with E-state index in [1.54, 1.807) is 35.4 Å². The van der Waals surface area contributed by atoms with Gasteiger partial charge in [-0.3, -0.25) is 9.59 Å². The molecule has 0 aliphatic carbocycles. The Bertz CT molecular complexity index is 789. The lowest BCUT2D eigenvalue weighted by atomic mass is 10.2. The van der Waals surface area contributed by atoms with Crippen molar-refractivity contribution in [3.05, 3.63) is 45.7 Å². The molecule has 0 aliphatic heterocycles. The maximum absolute atomic E-state index is 13.7. The zero-order chi connectivity index (χ0) is 19.3. The van der Waals surface area contributed by atoms with E-state index in [1.165, 1.54) is 6.07 Å². The monoisotopic (exact) mass is 377 g/mol. The molecule has 0 spiro atoms. The molecule has 0 saturated heterocycles. The molecule has 1 heterocycles. The number of halogens is 1. The number of nitrogens with zero attached hydrogens (tertiary/aromatic N) is 2. The summed E-state index contributed by atoms with van der Waals surface area (Å²) in [5, 5.41) is 5.51. The second-order valence-corrected chi connectivity index (χ2v) is 7.50. The zero-order valence-electron chi connectivity index (χ0n) is 15.5. The Morgan fingerprint density at radius 1 is 1.31 bits per heavy atom. The first-order valence-electron chi connectivity index (χ1n) is 8.50. The molecule has 1 N–H and O–H groups in total. The predicted octanol–water partition coefficient (Wildman–Crippen LogP) is 4.09. The summed E-state index contributed by atoms with van der Waals surface area (Å²) in [5.74, 6) is -0.659. The number of aryl methyl sites for hydroxylation is 1. The molecule has 0 radical (unpaired) electrons. The first-order valence-corrected chi connectivity index (χ1v) is 9.38. The van der Waals surface area contributed by atoms with Crippen molar-refractivity contribution < 1.29 is 14.0 Å². The quantitative estimate of drug-likeness (QED) is 0.790. The summed E-state index contributed by atoms with van der Waals surface area (Å²) in [7, 11) is 1.69. The number of hydrogen-bond donors (Lipinski definition) is 1. The molecular weight excluding hydrogens is 353 g/mol. The van der Waals surface area contributed by atoms with Crippen LogP contribution in [0.5, 0.6) is 0 Å². The van der Waals surface area contributed by atoms with E-state index in [1.807, 2.05) is 12.3 Å². The third-order valence-electron chi connectivity index (χ3n) is 3.85. The van der Waals surface area contributed by atoms with Crippen LogP contribution >= 0.6 is 11.3 Å². The van der Waals surface area contributed by atoms with Gasteiger partial charge in [-0.25, -0.2) is 9.37 Å². The highest BCUT2D eigenvalue weighted by atomic mass is 32.1. The van der Waals surface area contributed by atoms with Crippen LogP contribution in [0.2, 0.25) is 0 Å². The predicted molar refractivity (Wildman–Crippen MR) is 102 cm³/mol. The van der Waals surface area contributed by atoms with Crippen molar-refractivity contribution in [2.45, 2.75) is 46.1 Å². The fraction of sp³-hybridized carbons (Fsp3) is 0.421. The van der Waals surface area contributed by atoms with Gasteiger partial charge in [0.05, 0.1) is 22.9 Å². The largest absolute Gasteiger partial charge is 0.340 e. The van der Waals surface area contributed by atoms with Crippen LogP contribution in [-0.2, 0) is 16.1 Å². The molecule has 1 aromatic carbocycles. The van der Waals surface area contributed by atoms with Crippen molar-refractivity contribution in [1.29, 1.82) is 0 Å². The average molecular weight is 377 g/mol. The summed E-state index contributed by atoms with van der Waals surface area (Å²) < 4.78 is 13.7. The van der Waals surface area contributed by atoms with Crippen LogP contribution in [0.25, 0.3) is 0 Å². The minimum absolute atomic E-state index is 0.00483. The highest BCUT2D eigenvalue weighted by Crippen LogP contribution is 2.20. The number of anilines is 1. The average Bonchev–Trinajstić information content (AvgIpc) is 3.04. The van der Waals surface area contributed by atoms with Crippen molar-refractivity contribution in [3.63, 3.8) is 0 Å². The molecule has 0 saturated carbocycles. The summed E-state index contributed by atoms with van der Waals surface area (Å²) in [6.45, 7) is 6.38. The van der Waals surface area contributed by atoms with Crippen LogP contribution in [0.3, 0.4) is 0 Å². The highest BCUT2D eigenvalue weighted by molar-refractivity contribution is 7.09. The second kappa shape index (κ2) is 8.89. The van der Waals surface area contributed by atoms with Gasteiger partial charge in [0.2, 0.25) is 11.8 Å². The summed E-state index contributed by atoms with van der Waals surface area (Å²) in [6.07, 6.45) is 0.0712. The minimum Gasteiger partial charge on any atom is -0.340 e. The summed E-state index contributed by atoms with van der Waals surface area (Å²) in [4.78, 5) is 30.3. The van der Waals surface area contributed by atoms with Crippen LogP contribution in [0.4, 0.5) is 10.1 Å². The zero-order valence-corrected chi connectivity index (χ0v) is 16.3. The van der Waals surface area contributed by atoms with Crippen molar-refractivity contribution in [3.8, 4) is 0 Å². The van der Waals surface area contributed by atoms with Gasteiger partial charge in [0.15, 0.2) is 0 Å². The fourth-order valence-electron chi connectivity index (χ4n) is 2.35. The SMILES string of the molecule is Cc1ccc(F)c(NC(=O)CCC(=O)N(C)Cc2csc(C(C)C)n2)c1. The van der Waals surface area contributed by atoms with Crippen molar-refractivity contribution in [1.82, 2.24) is 9.88 Å². The van der Waals surface area contributed by atoms with E-state index in [-0.39, 0.29) is 30.3 Å². The first-order chi connectivity index (χ1) is 12.3. The van der Waals surface area contributed by atoms with E-state index in [2.05, 4.69) is 24.1 Å². The Hall–Kier alpha value is -2.28. The first kappa shape index (κ1) is 20.0. The summed E-state index contributed by atoms with van der Waals surface area (Å²) in [6, 6.07) is 4.51. The van der Waals surface area contributed by atoms with Gasteiger partial charge >= 0.3 is 0 Å². The van der Waals surface area contributed by atoms with E-state index < -0.39 is 5.82 Å². The molecule has 0 unspecified atom stereocenters. The third-order valence-corrected chi connectivity index (χ3v) is 5.04. The number of rotatable bonds is 7. The van der Waals surface area contributed by atoms with Crippen LogP contribution in [0.1, 0.15) is 48.9 Å². The Kier molecular flexibility index (Phi) is 6.85. The van der Waals surface area contributed by atoms with E-state index >= 15 is 0 Å². The fourth-order valence-corrected chi connectivity index (χ4v) is 3.18. The van der Waals surface area contributed by atoms with Crippen LogP contribution in [-0.4, -0.2) is 28.7 Å². The van der Waals surface area contributed by atoms with Crippen LogP contribution in [0, 0.1) is 12.7 Å². The Balaban J connectivity index is 1.82. The van der Waals surface area contributed by atoms with Gasteiger partial charge < -0.3 is 10.2 Å². The van der Waals surface area contributed by atoms with E-state index in [0.29, 0.717) is 12.5 Å². The van der Waals surface area contributed by atoms with Gasteiger partial charge in [-0.15, -0.1) is 11.3 Å². The molecule has 0 bridgehead atoms. The molecule has 140 valence electrons. The lowest BCUT2D eigenvalue weighted by Crippen LogP contribution is -2.27.